The van der Waals surface area contributed by atoms with Crippen molar-refractivity contribution in [3.63, 3.8) is 0 Å². The van der Waals surface area contributed by atoms with Crippen molar-refractivity contribution in [1.29, 1.82) is 0 Å². The zero-order chi connectivity index (χ0) is 14.4. The molecule has 1 atom stereocenters. The van der Waals surface area contributed by atoms with Crippen molar-refractivity contribution in [3.05, 3.63) is 29.3 Å². The smallest absolute Gasteiger partial charge is 0.258 e. The van der Waals surface area contributed by atoms with Crippen molar-refractivity contribution < 1.29 is 14.3 Å². The number of hydrogen-bond donors (Lipinski definition) is 1. The van der Waals surface area contributed by atoms with Gasteiger partial charge in [-0.15, -0.1) is 0 Å². The van der Waals surface area contributed by atoms with Crippen molar-refractivity contribution in [2.45, 2.75) is 33.7 Å². The number of rotatable bonds is 6. The van der Waals surface area contributed by atoms with Crippen molar-refractivity contribution in [3.8, 4) is 5.75 Å². The summed E-state index contributed by atoms with van der Waals surface area (Å²) in [7, 11) is 0. The molecule has 1 aromatic carbocycles. The molecule has 0 fully saturated rings. The topological polar surface area (TPSA) is 55.4 Å². The molecular formula is C15H21NO3. The Labute approximate surface area is 114 Å². The van der Waals surface area contributed by atoms with Crippen molar-refractivity contribution >= 4 is 12.2 Å². The Morgan fingerprint density at radius 2 is 2.05 bits per heavy atom. The molecule has 104 valence electrons. The van der Waals surface area contributed by atoms with Crippen LogP contribution in [0.25, 0.3) is 0 Å². The molecule has 0 spiro atoms. The second kappa shape index (κ2) is 6.92. The highest BCUT2D eigenvalue weighted by molar-refractivity contribution is 5.81. The molecule has 0 radical (unpaired) electrons. The van der Waals surface area contributed by atoms with Gasteiger partial charge in [-0.1, -0.05) is 25.5 Å². The minimum atomic E-state index is -0.182. The van der Waals surface area contributed by atoms with Crippen LogP contribution in [0.15, 0.2) is 18.2 Å². The molecule has 0 aliphatic rings. The third-order valence-corrected chi connectivity index (χ3v) is 3.04. The summed E-state index contributed by atoms with van der Waals surface area (Å²) in [6.07, 6.45) is 0.733. The molecule has 1 unspecified atom stereocenters. The standard InChI is InChI=1S/C15H21NO3/c1-10(2)12(4)16-15(18)9-19-14-6-5-11(3)7-13(14)8-17/h5-8,10,12H,9H2,1-4H3,(H,16,18). The minimum absolute atomic E-state index is 0.0824. The van der Waals surface area contributed by atoms with E-state index in [1.165, 1.54) is 0 Å². The van der Waals surface area contributed by atoms with Gasteiger partial charge in [0.2, 0.25) is 0 Å². The van der Waals surface area contributed by atoms with E-state index in [2.05, 4.69) is 5.32 Å². The third-order valence-electron chi connectivity index (χ3n) is 3.04. The van der Waals surface area contributed by atoms with Crippen LogP contribution >= 0.6 is 0 Å². The number of hydrogen-bond acceptors (Lipinski definition) is 3. The highest BCUT2D eigenvalue weighted by Crippen LogP contribution is 2.17. The lowest BCUT2D eigenvalue weighted by atomic mass is 10.1. The fourth-order valence-electron chi connectivity index (χ4n) is 1.50. The predicted octanol–water partition coefficient (Wildman–Crippen LogP) is 2.35. The summed E-state index contributed by atoms with van der Waals surface area (Å²) in [6, 6.07) is 5.38. The van der Waals surface area contributed by atoms with E-state index >= 15 is 0 Å². The number of amides is 1. The van der Waals surface area contributed by atoms with Gasteiger partial charge in [0.15, 0.2) is 12.9 Å². The maximum Gasteiger partial charge on any atom is 0.258 e. The Balaban J connectivity index is 2.57. The lowest BCUT2D eigenvalue weighted by Crippen LogP contribution is -2.39. The summed E-state index contributed by atoms with van der Waals surface area (Å²) < 4.78 is 5.38. The van der Waals surface area contributed by atoms with Crippen LogP contribution in [-0.4, -0.2) is 24.8 Å². The van der Waals surface area contributed by atoms with E-state index in [4.69, 9.17) is 4.74 Å². The van der Waals surface area contributed by atoms with Crippen molar-refractivity contribution in [1.82, 2.24) is 5.32 Å². The Kier molecular flexibility index (Phi) is 5.55. The van der Waals surface area contributed by atoms with Gasteiger partial charge in [0.25, 0.3) is 5.91 Å². The van der Waals surface area contributed by atoms with Gasteiger partial charge in [-0.25, -0.2) is 0 Å². The van der Waals surface area contributed by atoms with E-state index in [0.717, 1.165) is 11.8 Å². The number of aldehydes is 1. The Morgan fingerprint density at radius 1 is 1.37 bits per heavy atom. The number of carbonyl (C=O) groups is 2. The maximum absolute atomic E-state index is 11.7. The molecule has 1 N–H and O–H groups in total. The molecule has 0 heterocycles. The molecule has 0 aliphatic heterocycles. The fraction of sp³-hybridized carbons (Fsp3) is 0.467. The molecule has 4 heteroatoms. The first kappa shape index (κ1) is 15.2. The predicted molar refractivity (Wildman–Crippen MR) is 74.5 cm³/mol. The van der Waals surface area contributed by atoms with Crippen LogP contribution in [0.4, 0.5) is 0 Å². The maximum atomic E-state index is 11.7. The molecule has 0 saturated carbocycles. The highest BCUT2D eigenvalue weighted by Gasteiger charge is 2.12. The SMILES string of the molecule is Cc1ccc(OCC(=O)NC(C)C(C)C)c(C=O)c1. The fourth-order valence-corrected chi connectivity index (χ4v) is 1.50. The van der Waals surface area contributed by atoms with Crippen molar-refractivity contribution in [2.75, 3.05) is 6.61 Å². The van der Waals surface area contributed by atoms with Gasteiger partial charge in [0.1, 0.15) is 5.75 Å². The van der Waals surface area contributed by atoms with E-state index in [1.54, 1.807) is 12.1 Å². The van der Waals surface area contributed by atoms with E-state index < -0.39 is 0 Å². The summed E-state index contributed by atoms with van der Waals surface area (Å²) >= 11 is 0. The van der Waals surface area contributed by atoms with E-state index in [9.17, 15) is 9.59 Å². The first-order chi connectivity index (χ1) is 8.93. The average molecular weight is 263 g/mol. The summed E-state index contributed by atoms with van der Waals surface area (Å²) in [6.45, 7) is 7.84. The van der Waals surface area contributed by atoms with Crippen LogP contribution in [0.2, 0.25) is 0 Å². The van der Waals surface area contributed by atoms with Crippen LogP contribution in [0.1, 0.15) is 36.7 Å². The number of benzene rings is 1. The lowest BCUT2D eigenvalue weighted by molar-refractivity contribution is -0.124. The highest BCUT2D eigenvalue weighted by atomic mass is 16.5. The lowest BCUT2D eigenvalue weighted by Gasteiger charge is -2.17. The molecule has 1 amide bonds. The van der Waals surface area contributed by atoms with Crippen molar-refractivity contribution in [2.24, 2.45) is 5.92 Å². The molecule has 1 aromatic rings. The molecule has 19 heavy (non-hydrogen) atoms. The molecule has 1 rings (SSSR count). The minimum Gasteiger partial charge on any atom is -0.483 e. The van der Waals surface area contributed by atoms with E-state index in [1.807, 2.05) is 33.8 Å². The van der Waals surface area contributed by atoms with Gasteiger partial charge in [0.05, 0.1) is 5.56 Å². The molecule has 4 nitrogen and oxygen atoms in total. The summed E-state index contributed by atoms with van der Waals surface area (Å²) in [5.41, 5.74) is 1.44. The Hall–Kier alpha value is -1.84. The third kappa shape index (κ3) is 4.73. The normalized spacial score (nSPS) is 12.1. The second-order valence-electron chi connectivity index (χ2n) is 5.05. The van der Waals surface area contributed by atoms with Gasteiger partial charge in [-0.05, 0) is 31.9 Å². The van der Waals surface area contributed by atoms with Crippen LogP contribution < -0.4 is 10.1 Å². The van der Waals surface area contributed by atoms with Gasteiger partial charge in [0, 0.05) is 6.04 Å². The van der Waals surface area contributed by atoms with Gasteiger partial charge in [-0.3, -0.25) is 9.59 Å². The molecule has 0 bridgehead atoms. The summed E-state index contributed by atoms with van der Waals surface area (Å²) in [5, 5.41) is 2.85. The summed E-state index contributed by atoms with van der Waals surface area (Å²) in [4.78, 5) is 22.6. The molecule has 0 saturated heterocycles. The summed E-state index contributed by atoms with van der Waals surface area (Å²) in [5.74, 6) is 0.625. The van der Waals surface area contributed by atoms with Crippen LogP contribution in [0, 0.1) is 12.8 Å². The van der Waals surface area contributed by atoms with Gasteiger partial charge < -0.3 is 10.1 Å². The van der Waals surface area contributed by atoms with Crippen LogP contribution in [-0.2, 0) is 4.79 Å². The Morgan fingerprint density at radius 3 is 2.63 bits per heavy atom. The molecule has 0 aliphatic carbocycles. The largest absolute Gasteiger partial charge is 0.483 e. The quantitative estimate of drug-likeness (QED) is 0.801. The zero-order valence-corrected chi connectivity index (χ0v) is 11.9. The van der Waals surface area contributed by atoms with Crippen LogP contribution in [0.3, 0.4) is 0 Å². The van der Waals surface area contributed by atoms with E-state index in [0.29, 0.717) is 17.2 Å². The van der Waals surface area contributed by atoms with Gasteiger partial charge in [-0.2, -0.15) is 0 Å². The van der Waals surface area contributed by atoms with Gasteiger partial charge >= 0.3 is 0 Å². The Bertz CT molecular complexity index is 455. The van der Waals surface area contributed by atoms with Crippen LogP contribution in [0.5, 0.6) is 5.75 Å². The monoisotopic (exact) mass is 263 g/mol. The average Bonchev–Trinajstić information content (AvgIpc) is 2.36. The molecule has 0 aromatic heterocycles. The number of ether oxygens (including phenoxy) is 1. The number of carbonyl (C=O) groups excluding carboxylic acids is 2. The number of nitrogens with one attached hydrogen (secondary N) is 1. The second-order valence-corrected chi connectivity index (χ2v) is 5.05. The first-order valence-corrected chi connectivity index (χ1v) is 6.42. The van der Waals surface area contributed by atoms with E-state index in [-0.39, 0.29) is 18.6 Å². The zero-order valence-electron chi connectivity index (χ0n) is 11.9. The first-order valence-electron chi connectivity index (χ1n) is 6.42. The number of aryl methyl sites for hydroxylation is 1. The molecular weight excluding hydrogens is 242 g/mol.